The molecule has 0 spiro atoms. The molecule has 8 nitrogen and oxygen atoms in total. The van der Waals surface area contributed by atoms with Crippen LogP contribution in [0.1, 0.15) is 16.7 Å². The molecular formula is C28H33N3O5S. The molecule has 0 unspecified atom stereocenters. The summed E-state index contributed by atoms with van der Waals surface area (Å²) in [6.07, 6.45) is 1.31. The molecule has 2 amide bonds. The Kier molecular flexibility index (Phi) is 9.82. The van der Waals surface area contributed by atoms with Gasteiger partial charge >= 0.3 is 0 Å². The lowest BCUT2D eigenvalue weighted by Crippen LogP contribution is -2.52. The molecule has 9 heteroatoms. The Bertz CT molecular complexity index is 1270. The minimum atomic E-state index is -3.60. The molecule has 0 saturated carbocycles. The standard InChI is InChI=1S/C28H33N3O5S/c1-30(37(3,34)35)21-27(32)31(20-24-14-16-25(36-2)17-15-24)26(18-22-10-6-4-7-11-22)28(33)29-19-23-12-8-5-9-13-23/h4-17,26H,18-21H2,1-3H3,(H,29,33)/t26-/m0/s1. The number of carbonyl (C=O) groups is 2. The van der Waals surface area contributed by atoms with E-state index in [1.54, 1.807) is 19.2 Å². The minimum Gasteiger partial charge on any atom is -0.497 e. The second-order valence-electron chi connectivity index (χ2n) is 8.80. The third kappa shape index (κ3) is 8.44. The van der Waals surface area contributed by atoms with Crippen LogP contribution in [0.15, 0.2) is 84.9 Å². The summed E-state index contributed by atoms with van der Waals surface area (Å²) in [5, 5.41) is 2.96. The van der Waals surface area contributed by atoms with Crippen LogP contribution in [0, 0.1) is 0 Å². The van der Waals surface area contributed by atoms with E-state index in [-0.39, 0.29) is 25.4 Å². The van der Waals surface area contributed by atoms with Gasteiger partial charge < -0.3 is 15.0 Å². The molecule has 0 aliphatic heterocycles. The number of carbonyl (C=O) groups excluding carboxylic acids is 2. The topological polar surface area (TPSA) is 96.0 Å². The number of sulfonamides is 1. The summed E-state index contributed by atoms with van der Waals surface area (Å²) in [7, 11) is -0.680. The van der Waals surface area contributed by atoms with E-state index in [9.17, 15) is 18.0 Å². The molecular weight excluding hydrogens is 490 g/mol. The van der Waals surface area contributed by atoms with Gasteiger partial charge in [-0.15, -0.1) is 0 Å². The summed E-state index contributed by atoms with van der Waals surface area (Å²) in [5.74, 6) is -0.129. The van der Waals surface area contributed by atoms with E-state index < -0.39 is 22.0 Å². The molecule has 0 saturated heterocycles. The second kappa shape index (κ2) is 13.0. The Morgan fingerprint density at radius 1 is 0.865 bits per heavy atom. The zero-order valence-corrected chi connectivity index (χ0v) is 22.1. The van der Waals surface area contributed by atoms with Crippen molar-refractivity contribution in [2.75, 3.05) is 27.0 Å². The van der Waals surface area contributed by atoms with Crippen molar-refractivity contribution >= 4 is 21.8 Å². The molecule has 196 valence electrons. The largest absolute Gasteiger partial charge is 0.497 e. The summed E-state index contributed by atoms with van der Waals surface area (Å²) in [6, 6.07) is 25.3. The highest BCUT2D eigenvalue weighted by atomic mass is 32.2. The Labute approximate surface area is 218 Å². The van der Waals surface area contributed by atoms with Crippen molar-refractivity contribution in [3.05, 3.63) is 102 Å². The summed E-state index contributed by atoms with van der Waals surface area (Å²) in [5.41, 5.74) is 2.59. The average Bonchev–Trinajstić information content (AvgIpc) is 2.90. The quantitative estimate of drug-likeness (QED) is 0.394. The highest BCUT2D eigenvalue weighted by Gasteiger charge is 2.31. The number of nitrogens with zero attached hydrogens (tertiary/aromatic N) is 2. The van der Waals surface area contributed by atoms with Crippen molar-refractivity contribution in [1.82, 2.24) is 14.5 Å². The van der Waals surface area contributed by atoms with E-state index in [0.29, 0.717) is 12.3 Å². The maximum Gasteiger partial charge on any atom is 0.243 e. The van der Waals surface area contributed by atoms with Crippen LogP contribution < -0.4 is 10.1 Å². The van der Waals surface area contributed by atoms with Crippen LogP contribution in [-0.4, -0.2) is 62.4 Å². The first kappa shape index (κ1) is 27.9. The lowest BCUT2D eigenvalue weighted by atomic mass is 10.0. The third-order valence-corrected chi connectivity index (χ3v) is 7.28. The number of rotatable bonds is 12. The molecule has 1 N–H and O–H groups in total. The monoisotopic (exact) mass is 523 g/mol. The maximum absolute atomic E-state index is 13.6. The lowest BCUT2D eigenvalue weighted by Gasteiger charge is -2.32. The van der Waals surface area contributed by atoms with Gasteiger partial charge in [-0.2, -0.15) is 4.31 Å². The average molecular weight is 524 g/mol. The highest BCUT2D eigenvalue weighted by molar-refractivity contribution is 7.88. The van der Waals surface area contributed by atoms with Crippen LogP contribution in [0.3, 0.4) is 0 Å². The van der Waals surface area contributed by atoms with Crippen LogP contribution in [0.25, 0.3) is 0 Å². The molecule has 3 rings (SSSR count). The fourth-order valence-electron chi connectivity index (χ4n) is 3.78. The minimum absolute atomic E-state index is 0.122. The number of amides is 2. The zero-order chi connectivity index (χ0) is 26.8. The van der Waals surface area contributed by atoms with E-state index in [1.165, 1.54) is 11.9 Å². The van der Waals surface area contributed by atoms with Crippen LogP contribution in [0.4, 0.5) is 0 Å². The Morgan fingerprint density at radius 3 is 1.97 bits per heavy atom. The number of methoxy groups -OCH3 is 1. The SMILES string of the molecule is COc1ccc(CN(C(=O)CN(C)S(C)(=O)=O)[C@@H](Cc2ccccc2)C(=O)NCc2ccccc2)cc1. The van der Waals surface area contributed by atoms with E-state index in [1.807, 2.05) is 72.8 Å². The highest BCUT2D eigenvalue weighted by Crippen LogP contribution is 2.18. The number of hydrogen-bond donors (Lipinski definition) is 1. The van der Waals surface area contributed by atoms with Crippen molar-refractivity contribution in [2.24, 2.45) is 0 Å². The van der Waals surface area contributed by atoms with Crippen molar-refractivity contribution in [3.63, 3.8) is 0 Å². The Hall–Kier alpha value is -3.69. The third-order valence-electron chi connectivity index (χ3n) is 6.02. The molecule has 0 fully saturated rings. The van der Waals surface area contributed by atoms with Crippen LogP contribution in [0.2, 0.25) is 0 Å². The number of likely N-dealkylation sites (N-methyl/N-ethyl adjacent to an activating group) is 1. The summed E-state index contributed by atoms with van der Waals surface area (Å²) in [4.78, 5) is 28.6. The number of benzene rings is 3. The zero-order valence-electron chi connectivity index (χ0n) is 21.3. The fraction of sp³-hybridized carbons (Fsp3) is 0.286. The van der Waals surface area contributed by atoms with E-state index in [0.717, 1.165) is 27.3 Å². The van der Waals surface area contributed by atoms with Gasteiger partial charge in [-0.3, -0.25) is 9.59 Å². The van der Waals surface area contributed by atoms with Crippen molar-refractivity contribution in [1.29, 1.82) is 0 Å². The lowest BCUT2D eigenvalue weighted by molar-refractivity contribution is -0.141. The Balaban J connectivity index is 1.94. The summed E-state index contributed by atoms with van der Waals surface area (Å²) >= 11 is 0. The first-order chi connectivity index (χ1) is 17.7. The normalized spacial score (nSPS) is 12.1. The second-order valence-corrected chi connectivity index (χ2v) is 10.9. The first-order valence-electron chi connectivity index (χ1n) is 11.9. The van der Waals surface area contributed by atoms with E-state index >= 15 is 0 Å². The predicted molar refractivity (Wildman–Crippen MR) is 143 cm³/mol. The van der Waals surface area contributed by atoms with Crippen LogP contribution in [-0.2, 0) is 39.1 Å². The first-order valence-corrected chi connectivity index (χ1v) is 13.7. The van der Waals surface area contributed by atoms with Crippen LogP contribution >= 0.6 is 0 Å². The van der Waals surface area contributed by atoms with Gasteiger partial charge in [0.15, 0.2) is 0 Å². The molecule has 0 bridgehead atoms. The van der Waals surface area contributed by atoms with Crippen molar-refractivity contribution in [2.45, 2.75) is 25.6 Å². The predicted octanol–water partition coefficient (Wildman–Crippen LogP) is 2.84. The van der Waals surface area contributed by atoms with Crippen LogP contribution in [0.5, 0.6) is 5.75 Å². The van der Waals surface area contributed by atoms with Gasteiger partial charge in [-0.05, 0) is 28.8 Å². The number of hydrogen-bond acceptors (Lipinski definition) is 5. The van der Waals surface area contributed by atoms with Gasteiger partial charge in [0, 0.05) is 26.6 Å². The summed E-state index contributed by atoms with van der Waals surface area (Å²) < 4.78 is 30.3. The fourth-order valence-corrected chi connectivity index (χ4v) is 4.13. The molecule has 0 radical (unpaired) electrons. The number of ether oxygens (including phenoxy) is 1. The summed E-state index contributed by atoms with van der Waals surface area (Å²) in [6.45, 7) is 0.0434. The molecule has 0 aliphatic carbocycles. The van der Waals surface area contributed by atoms with Crippen molar-refractivity contribution < 1.29 is 22.7 Å². The molecule has 37 heavy (non-hydrogen) atoms. The number of nitrogens with one attached hydrogen (secondary N) is 1. The molecule has 0 aromatic heterocycles. The molecule has 1 atom stereocenters. The van der Waals surface area contributed by atoms with Crippen molar-refractivity contribution in [3.8, 4) is 5.75 Å². The molecule has 0 aliphatic rings. The Morgan fingerprint density at radius 2 is 1.43 bits per heavy atom. The van der Waals surface area contributed by atoms with Gasteiger partial charge in [0.2, 0.25) is 21.8 Å². The molecule has 3 aromatic carbocycles. The van der Waals surface area contributed by atoms with E-state index in [2.05, 4.69) is 5.32 Å². The van der Waals surface area contributed by atoms with Gasteiger partial charge in [0.05, 0.1) is 19.9 Å². The smallest absolute Gasteiger partial charge is 0.243 e. The van der Waals surface area contributed by atoms with Gasteiger partial charge in [0.1, 0.15) is 11.8 Å². The van der Waals surface area contributed by atoms with E-state index in [4.69, 9.17) is 4.74 Å². The molecule has 3 aromatic rings. The maximum atomic E-state index is 13.6. The molecule has 0 heterocycles. The van der Waals surface area contributed by atoms with Gasteiger partial charge in [-0.1, -0.05) is 72.8 Å². The van der Waals surface area contributed by atoms with Gasteiger partial charge in [0.25, 0.3) is 0 Å². The van der Waals surface area contributed by atoms with Gasteiger partial charge in [-0.25, -0.2) is 8.42 Å².